The summed E-state index contributed by atoms with van der Waals surface area (Å²) < 4.78 is 7.60. The van der Waals surface area contributed by atoms with E-state index in [2.05, 4.69) is 20.1 Å². The van der Waals surface area contributed by atoms with Crippen LogP contribution >= 0.6 is 0 Å². The van der Waals surface area contributed by atoms with Crippen LogP contribution in [0.15, 0.2) is 0 Å². The first kappa shape index (κ1) is 17.2. The monoisotopic (exact) mass is 335 g/mol. The summed E-state index contributed by atoms with van der Waals surface area (Å²) in [5.41, 5.74) is -0.371. The van der Waals surface area contributed by atoms with Crippen LogP contribution in [0, 0.1) is 0 Å². The minimum atomic E-state index is -0.371. The number of nitrogens with one attached hydrogen (secondary N) is 1. The highest BCUT2D eigenvalue weighted by atomic mass is 16.5. The van der Waals surface area contributed by atoms with E-state index >= 15 is 0 Å². The number of hydrogen-bond acceptors (Lipinski definition) is 4. The molecule has 0 radical (unpaired) electrons. The summed E-state index contributed by atoms with van der Waals surface area (Å²) in [5, 5.41) is 11.8. The van der Waals surface area contributed by atoms with E-state index in [9.17, 15) is 4.79 Å². The number of ether oxygens (including phenoxy) is 1. The molecule has 1 saturated carbocycles. The molecule has 0 aromatic carbocycles. The van der Waals surface area contributed by atoms with Gasteiger partial charge in [-0.1, -0.05) is 12.8 Å². The van der Waals surface area contributed by atoms with Crippen LogP contribution in [0.4, 0.5) is 4.79 Å². The number of hydrogen-bond donors (Lipinski definition) is 1. The number of methoxy groups -OCH3 is 1. The Bertz CT molecular complexity index is 592. The summed E-state index contributed by atoms with van der Waals surface area (Å²) in [6.07, 6.45) is 4.99. The summed E-state index contributed by atoms with van der Waals surface area (Å²) in [6, 6.07) is -0.128. The lowest BCUT2D eigenvalue weighted by molar-refractivity contribution is 0.0236. The largest absolute Gasteiger partial charge is 0.377 e. The second kappa shape index (κ2) is 6.70. The van der Waals surface area contributed by atoms with Gasteiger partial charge in [0, 0.05) is 32.7 Å². The highest BCUT2D eigenvalue weighted by Crippen LogP contribution is 2.35. The smallest absolute Gasteiger partial charge is 0.318 e. The van der Waals surface area contributed by atoms with Gasteiger partial charge in [0.25, 0.3) is 0 Å². The lowest BCUT2D eigenvalue weighted by Crippen LogP contribution is -2.50. The number of carbonyl (C=O) groups excluding carboxylic acids is 1. The van der Waals surface area contributed by atoms with Crippen molar-refractivity contribution in [1.29, 1.82) is 0 Å². The predicted octanol–water partition coefficient (Wildman–Crippen LogP) is 2.45. The van der Waals surface area contributed by atoms with Crippen LogP contribution in [-0.4, -0.2) is 51.5 Å². The molecule has 134 valence electrons. The zero-order chi connectivity index (χ0) is 17.3. The van der Waals surface area contributed by atoms with Gasteiger partial charge in [0.05, 0.1) is 11.6 Å². The highest BCUT2D eigenvalue weighted by molar-refractivity contribution is 5.74. The van der Waals surface area contributed by atoms with Crippen LogP contribution in [-0.2, 0) is 11.3 Å². The zero-order valence-corrected chi connectivity index (χ0v) is 15.2. The standard InChI is InChI=1S/C17H29N5O2/c1-12-14-19-20-15(13-7-5-6-8-13)22(14)10-9-21(12)16(23)18-11-17(2,3)24-4/h12-13H,5-11H2,1-4H3,(H,18,23). The Morgan fingerprint density at radius 3 is 2.58 bits per heavy atom. The average molecular weight is 335 g/mol. The third kappa shape index (κ3) is 3.27. The molecule has 1 aliphatic carbocycles. The van der Waals surface area contributed by atoms with Crippen molar-refractivity contribution in [2.75, 3.05) is 20.2 Å². The Morgan fingerprint density at radius 1 is 1.25 bits per heavy atom. The molecular weight excluding hydrogens is 306 g/mol. The fourth-order valence-electron chi connectivity index (χ4n) is 3.63. The van der Waals surface area contributed by atoms with Crippen molar-refractivity contribution in [1.82, 2.24) is 25.0 Å². The van der Waals surface area contributed by atoms with Crippen molar-refractivity contribution < 1.29 is 9.53 Å². The first-order chi connectivity index (χ1) is 11.4. The Kier molecular flexibility index (Phi) is 4.80. The van der Waals surface area contributed by atoms with Gasteiger partial charge >= 0.3 is 6.03 Å². The molecule has 7 nitrogen and oxygen atoms in total. The van der Waals surface area contributed by atoms with Gasteiger partial charge in [0.1, 0.15) is 5.82 Å². The Morgan fingerprint density at radius 2 is 1.92 bits per heavy atom. The molecular formula is C17H29N5O2. The van der Waals surface area contributed by atoms with Crippen molar-refractivity contribution in [3.8, 4) is 0 Å². The summed E-state index contributed by atoms with van der Waals surface area (Å²) in [7, 11) is 1.66. The van der Waals surface area contributed by atoms with Crippen LogP contribution in [0.3, 0.4) is 0 Å². The number of rotatable bonds is 4. The van der Waals surface area contributed by atoms with E-state index in [1.165, 1.54) is 25.7 Å². The molecule has 0 bridgehead atoms. The summed E-state index contributed by atoms with van der Waals surface area (Å²) in [5.74, 6) is 2.57. The molecule has 1 aliphatic heterocycles. The molecule has 1 unspecified atom stereocenters. The van der Waals surface area contributed by atoms with Gasteiger partial charge in [-0.05, 0) is 33.6 Å². The van der Waals surface area contributed by atoms with E-state index in [1.54, 1.807) is 7.11 Å². The van der Waals surface area contributed by atoms with Gasteiger partial charge in [0.15, 0.2) is 5.82 Å². The van der Waals surface area contributed by atoms with E-state index in [1.807, 2.05) is 25.7 Å². The van der Waals surface area contributed by atoms with Gasteiger partial charge in [-0.2, -0.15) is 0 Å². The molecule has 2 amide bonds. The number of aromatic nitrogens is 3. The minimum Gasteiger partial charge on any atom is -0.377 e. The van der Waals surface area contributed by atoms with Crippen LogP contribution in [0.25, 0.3) is 0 Å². The fourth-order valence-corrected chi connectivity index (χ4v) is 3.63. The molecule has 7 heteroatoms. The molecule has 24 heavy (non-hydrogen) atoms. The first-order valence-electron chi connectivity index (χ1n) is 8.95. The Labute approximate surface area is 143 Å². The Hall–Kier alpha value is -1.63. The quantitative estimate of drug-likeness (QED) is 0.917. The molecule has 1 fully saturated rings. The number of nitrogens with zero attached hydrogens (tertiary/aromatic N) is 4. The van der Waals surface area contributed by atoms with Gasteiger partial charge in [-0.25, -0.2) is 4.79 Å². The number of fused-ring (bicyclic) bond motifs is 1. The van der Waals surface area contributed by atoms with Gasteiger partial charge in [-0.3, -0.25) is 0 Å². The molecule has 1 aromatic heterocycles. The second-order valence-corrected chi connectivity index (χ2v) is 7.54. The highest BCUT2D eigenvalue weighted by Gasteiger charge is 2.34. The molecule has 2 aliphatic rings. The molecule has 1 N–H and O–H groups in total. The van der Waals surface area contributed by atoms with Crippen LogP contribution in [0.1, 0.15) is 70.1 Å². The maximum atomic E-state index is 12.5. The molecule has 0 saturated heterocycles. The van der Waals surface area contributed by atoms with E-state index in [0.29, 0.717) is 19.0 Å². The SMILES string of the molecule is COC(C)(C)CNC(=O)N1CCn2c(C3CCCC3)nnc2C1C. The lowest BCUT2D eigenvalue weighted by Gasteiger charge is -2.35. The normalized spacial score (nSPS) is 21.8. The Balaban J connectivity index is 1.68. The van der Waals surface area contributed by atoms with Crippen molar-refractivity contribution in [3.63, 3.8) is 0 Å². The molecule has 3 rings (SSSR count). The minimum absolute atomic E-state index is 0.0629. The third-order valence-electron chi connectivity index (χ3n) is 5.41. The van der Waals surface area contributed by atoms with Crippen molar-refractivity contribution in [2.45, 2.75) is 70.6 Å². The van der Waals surface area contributed by atoms with Crippen LogP contribution in [0.2, 0.25) is 0 Å². The first-order valence-corrected chi connectivity index (χ1v) is 8.95. The van der Waals surface area contributed by atoms with Gasteiger partial charge in [0.2, 0.25) is 0 Å². The molecule has 2 heterocycles. The zero-order valence-electron chi connectivity index (χ0n) is 15.2. The molecule has 1 aromatic rings. The van der Waals surface area contributed by atoms with Crippen molar-refractivity contribution in [3.05, 3.63) is 11.6 Å². The summed E-state index contributed by atoms with van der Waals surface area (Å²) >= 11 is 0. The number of urea groups is 1. The van der Waals surface area contributed by atoms with E-state index in [-0.39, 0.29) is 17.7 Å². The molecule has 0 spiro atoms. The number of amides is 2. The summed E-state index contributed by atoms with van der Waals surface area (Å²) in [6.45, 7) is 7.88. The van der Waals surface area contributed by atoms with Crippen molar-refractivity contribution in [2.24, 2.45) is 0 Å². The van der Waals surface area contributed by atoms with E-state index in [4.69, 9.17) is 4.74 Å². The lowest BCUT2D eigenvalue weighted by atomic mass is 10.1. The second-order valence-electron chi connectivity index (χ2n) is 7.54. The maximum Gasteiger partial charge on any atom is 0.318 e. The van der Waals surface area contributed by atoms with Crippen LogP contribution in [0.5, 0.6) is 0 Å². The third-order valence-corrected chi connectivity index (χ3v) is 5.41. The van der Waals surface area contributed by atoms with Gasteiger partial charge < -0.3 is 19.5 Å². The average Bonchev–Trinajstić information content (AvgIpc) is 3.22. The predicted molar refractivity (Wildman–Crippen MR) is 90.8 cm³/mol. The fraction of sp³-hybridized carbons (Fsp3) is 0.824. The van der Waals surface area contributed by atoms with E-state index < -0.39 is 0 Å². The molecule has 1 atom stereocenters. The summed E-state index contributed by atoms with van der Waals surface area (Å²) in [4.78, 5) is 14.4. The maximum absolute atomic E-state index is 12.5. The van der Waals surface area contributed by atoms with Crippen LogP contribution < -0.4 is 5.32 Å². The van der Waals surface area contributed by atoms with E-state index in [0.717, 1.165) is 18.2 Å². The van der Waals surface area contributed by atoms with Gasteiger partial charge in [-0.15, -0.1) is 10.2 Å². The topological polar surface area (TPSA) is 72.3 Å². The van der Waals surface area contributed by atoms with Crippen molar-refractivity contribution >= 4 is 6.03 Å². The number of carbonyl (C=O) groups is 1.